The molecule has 0 heterocycles. The third-order valence-corrected chi connectivity index (χ3v) is 8.26. The molecule has 0 unspecified atom stereocenters. The maximum absolute atomic E-state index is 13.7. The van der Waals surface area contributed by atoms with E-state index in [0.29, 0.717) is 17.2 Å². The molecule has 0 bridgehead atoms. The number of sulfonamides is 1. The van der Waals surface area contributed by atoms with E-state index in [0.717, 1.165) is 31.2 Å². The molecular formula is C29H34N2O4S. The summed E-state index contributed by atoms with van der Waals surface area (Å²) < 4.78 is 34.4. The van der Waals surface area contributed by atoms with Gasteiger partial charge >= 0.3 is 0 Å². The van der Waals surface area contributed by atoms with E-state index in [2.05, 4.69) is 5.32 Å². The highest BCUT2D eigenvalue weighted by Crippen LogP contribution is 2.28. The first-order valence-electron chi connectivity index (χ1n) is 12.6. The van der Waals surface area contributed by atoms with E-state index in [9.17, 15) is 13.2 Å². The first-order valence-corrected chi connectivity index (χ1v) is 14.1. The smallest absolute Gasteiger partial charge is 0.264 e. The summed E-state index contributed by atoms with van der Waals surface area (Å²) in [5.41, 5.74) is 1.37. The molecule has 7 heteroatoms. The van der Waals surface area contributed by atoms with Crippen LogP contribution in [0.4, 0.5) is 5.69 Å². The van der Waals surface area contributed by atoms with Crippen LogP contribution in [-0.4, -0.2) is 26.9 Å². The van der Waals surface area contributed by atoms with Crippen molar-refractivity contribution in [3.8, 4) is 11.5 Å². The van der Waals surface area contributed by atoms with Crippen LogP contribution < -0.4 is 14.4 Å². The molecule has 1 saturated carbocycles. The first kappa shape index (κ1) is 25.8. The Morgan fingerprint density at radius 2 is 1.42 bits per heavy atom. The number of amides is 1. The van der Waals surface area contributed by atoms with Gasteiger partial charge in [0.1, 0.15) is 18.0 Å². The van der Waals surface area contributed by atoms with Crippen molar-refractivity contribution in [3.63, 3.8) is 0 Å². The number of nitrogens with one attached hydrogen (secondary N) is 1. The molecule has 6 nitrogen and oxygen atoms in total. The van der Waals surface area contributed by atoms with Crippen LogP contribution >= 0.6 is 0 Å². The number of hydrogen-bond acceptors (Lipinski definition) is 4. The summed E-state index contributed by atoms with van der Waals surface area (Å²) >= 11 is 0. The monoisotopic (exact) mass is 506 g/mol. The molecule has 1 N–H and O–H groups in total. The largest absolute Gasteiger partial charge is 0.457 e. The Morgan fingerprint density at radius 3 is 2.06 bits per heavy atom. The van der Waals surface area contributed by atoms with E-state index in [1.54, 1.807) is 48.5 Å². The zero-order valence-electron chi connectivity index (χ0n) is 20.7. The van der Waals surface area contributed by atoms with Crippen molar-refractivity contribution in [3.05, 3.63) is 84.4 Å². The van der Waals surface area contributed by atoms with Crippen LogP contribution in [-0.2, 0) is 14.8 Å². The van der Waals surface area contributed by atoms with Gasteiger partial charge in [0, 0.05) is 6.04 Å². The van der Waals surface area contributed by atoms with E-state index in [-0.39, 0.29) is 23.4 Å². The molecule has 36 heavy (non-hydrogen) atoms. The van der Waals surface area contributed by atoms with Gasteiger partial charge in [-0.3, -0.25) is 9.10 Å². The van der Waals surface area contributed by atoms with Gasteiger partial charge in [-0.05, 0) is 68.3 Å². The number of benzene rings is 3. The van der Waals surface area contributed by atoms with Crippen molar-refractivity contribution < 1.29 is 17.9 Å². The van der Waals surface area contributed by atoms with E-state index in [4.69, 9.17) is 4.74 Å². The Balaban J connectivity index is 1.56. The Morgan fingerprint density at radius 1 is 0.833 bits per heavy atom. The van der Waals surface area contributed by atoms with E-state index < -0.39 is 10.0 Å². The highest BCUT2D eigenvalue weighted by Gasteiger charge is 2.28. The lowest BCUT2D eigenvalue weighted by atomic mass is 9.97. The third-order valence-electron chi connectivity index (χ3n) is 6.47. The zero-order chi connectivity index (χ0) is 25.4. The summed E-state index contributed by atoms with van der Waals surface area (Å²) in [6, 6.07) is 22.9. The van der Waals surface area contributed by atoms with Crippen molar-refractivity contribution in [2.24, 2.45) is 0 Å². The first-order chi connectivity index (χ1) is 17.4. The summed E-state index contributed by atoms with van der Waals surface area (Å²) in [4.78, 5) is 13.2. The molecule has 3 aromatic carbocycles. The summed E-state index contributed by atoms with van der Waals surface area (Å²) in [6.45, 7) is 1.62. The van der Waals surface area contributed by atoms with Gasteiger partial charge in [0.15, 0.2) is 0 Å². The second kappa shape index (κ2) is 12.1. The van der Waals surface area contributed by atoms with Crippen molar-refractivity contribution in [1.82, 2.24) is 5.32 Å². The third kappa shape index (κ3) is 6.88. The number of hydrogen-bond donors (Lipinski definition) is 1. The molecule has 1 amide bonds. The van der Waals surface area contributed by atoms with Crippen molar-refractivity contribution in [1.29, 1.82) is 0 Å². The molecule has 0 radical (unpaired) electrons. The average Bonchev–Trinajstić information content (AvgIpc) is 2.86. The minimum atomic E-state index is -3.96. The quantitative estimate of drug-likeness (QED) is 0.394. The molecule has 1 fully saturated rings. The number of rotatable bonds is 8. The summed E-state index contributed by atoms with van der Waals surface area (Å²) in [5, 5.41) is 3.09. The molecule has 1 aliphatic carbocycles. The summed E-state index contributed by atoms with van der Waals surface area (Å²) in [7, 11) is -3.96. The van der Waals surface area contributed by atoms with Crippen molar-refractivity contribution >= 4 is 21.6 Å². The molecule has 190 valence electrons. The second-order valence-electron chi connectivity index (χ2n) is 9.34. The van der Waals surface area contributed by atoms with Crippen LogP contribution in [0.3, 0.4) is 0 Å². The molecule has 0 saturated heterocycles. The lowest BCUT2D eigenvalue weighted by molar-refractivity contribution is -0.120. The summed E-state index contributed by atoms with van der Waals surface area (Å²) in [6.07, 6.45) is 7.63. The standard InChI is InChI=1S/C29H34N2O4S/c1-23-14-20-28(21-15-23)36(33,34)31(22-29(32)30-24-10-6-3-2-4-7-11-24)25-16-18-27(19-17-25)35-26-12-8-5-9-13-26/h5,8-9,12-21,24H,2-4,6-7,10-11,22H2,1H3,(H,30,32). The number of carbonyl (C=O) groups excluding carboxylic acids is 1. The van der Waals surface area contributed by atoms with Crippen LogP contribution in [0.5, 0.6) is 11.5 Å². The molecule has 0 aromatic heterocycles. The highest BCUT2D eigenvalue weighted by atomic mass is 32.2. The molecule has 4 rings (SSSR count). The maximum Gasteiger partial charge on any atom is 0.264 e. The number of carbonyl (C=O) groups is 1. The summed E-state index contributed by atoms with van der Waals surface area (Å²) in [5.74, 6) is 0.977. The van der Waals surface area contributed by atoms with Crippen LogP contribution in [0.25, 0.3) is 0 Å². The number of para-hydroxylation sites is 1. The zero-order valence-corrected chi connectivity index (χ0v) is 21.5. The van der Waals surface area contributed by atoms with Crippen LogP contribution in [0.15, 0.2) is 83.8 Å². The number of ether oxygens (including phenoxy) is 1. The topological polar surface area (TPSA) is 75.7 Å². The normalized spacial score (nSPS) is 14.9. The molecule has 0 atom stereocenters. The van der Waals surface area contributed by atoms with Gasteiger partial charge < -0.3 is 10.1 Å². The van der Waals surface area contributed by atoms with Gasteiger partial charge in [-0.1, -0.05) is 68.0 Å². The van der Waals surface area contributed by atoms with Gasteiger partial charge in [-0.2, -0.15) is 0 Å². The van der Waals surface area contributed by atoms with E-state index in [1.165, 1.54) is 23.6 Å². The SMILES string of the molecule is Cc1ccc(S(=O)(=O)N(CC(=O)NC2CCCCCCC2)c2ccc(Oc3ccccc3)cc2)cc1. The van der Waals surface area contributed by atoms with Gasteiger partial charge in [0.05, 0.1) is 10.6 Å². The fourth-order valence-corrected chi connectivity index (χ4v) is 5.88. The van der Waals surface area contributed by atoms with E-state index in [1.807, 2.05) is 37.3 Å². The second-order valence-corrected chi connectivity index (χ2v) is 11.2. The van der Waals surface area contributed by atoms with Gasteiger partial charge in [-0.25, -0.2) is 8.42 Å². The minimum absolute atomic E-state index is 0.0865. The van der Waals surface area contributed by atoms with E-state index >= 15 is 0 Å². The Hall–Kier alpha value is -3.32. The van der Waals surface area contributed by atoms with Gasteiger partial charge in [0.25, 0.3) is 10.0 Å². The van der Waals surface area contributed by atoms with Crippen molar-refractivity contribution in [2.45, 2.75) is 62.8 Å². The van der Waals surface area contributed by atoms with Gasteiger partial charge in [-0.15, -0.1) is 0 Å². The lowest BCUT2D eigenvalue weighted by Crippen LogP contribution is -2.44. The fourth-order valence-electron chi connectivity index (χ4n) is 4.46. The predicted octanol–water partition coefficient (Wildman–Crippen LogP) is 6.21. The molecule has 0 aliphatic heterocycles. The Kier molecular flexibility index (Phi) is 8.65. The van der Waals surface area contributed by atoms with Crippen molar-refractivity contribution in [2.75, 3.05) is 10.8 Å². The number of nitrogens with zero attached hydrogens (tertiary/aromatic N) is 1. The Labute approximate surface area is 214 Å². The number of anilines is 1. The van der Waals surface area contributed by atoms with Crippen LogP contribution in [0, 0.1) is 6.92 Å². The molecule has 3 aromatic rings. The molecule has 0 spiro atoms. The maximum atomic E-state index is 13.7. The van der Waals surface area contributed by atoms with Crippen LogP contribution in [0.2, 0.25) is 0 Å². The van der Waals surface area contributed by atoms with Gasteiger partial charge in [0.2, 0.25) is 5.91 Å². The number of aryl methyl sites for hydroxylation is 1. The Bertz CT molecular complexity index is 1220. The average molecular weight is 507 g/mol. The minimum Gasteiger partial charge on any atom is -0.457 e. The highest BCUT2D eigenvalue weighted by molar-refractivity contribution is 7.92. The lowest BCUT2D eigenvalue weighted by Gasteiger charge is -2.26. The molecule has 1 aliphatic rings. The van der Waals surface area contributed by atoms with Crippen LogP contribution in [0.1, 0.15) is 50.5 Å². The molecular weight excluding hydrogens is 472 g/mol. The fraction of sp³-hybridized carbons (Fsp3) is 0.345. The predicted molar refractivity (Wildman–Crippen MR) is 143 cm³/mol.